The molecule has 9 heteroatoms. The minimum atomic E-state index is -0.781. The second kappa shape index (κ2) is 11.2. The number of methoxy groups -OCH3 is 1. The first-order valence-corrected chi connectivity index (χ1v) is 13.1. The zero-order valence-corrected chi connectivity index (χ0v) is 23.2. The molecule has 7 nitrogen and oxygen atoms in total. The van der Waals surface area contributed by atoms with Crippen LogP contribution < -0.4 is 24.4 Å². The molecule has 0 radical (unpaired) electrons. The number of terminal acetylenes is 1. The molecule has 2 aromatic carbocycles. The van der Waals surface area contributed by atoms with E-state index in [2.05, 4.69) is 26.8 Å². The summed E-state index contributed by atoms with van der Waals surface area (Å²) in [6.45, 7) is 5.49. The number of fused-ring (bicyclic) bond motifs is 1. The van der Waals surface area contributed by atoms with Gasteiger partial charge >= 0.3 is 5.97 Å². The van der Waals surface area contributed by atoms with Crippen molar-refractivity contribution in [2.45, 2.75) is 32.9 Å². The van der Waals surface area contributed by atoms with Crippen LogP contribution in [0, 0.1) is 12.3 Å². The molecule has 0 saturated heterocycles. The second-order valence-corrected chi connectivity index (χ2v) is 10.4. The van der Waals surface area contributed by atoms with Crippen LogP contribution in [-0.4, -0.2) is 30.4 Å². The van der Waals surface area contributed by atoms with Crippen molar-refractivity contribution < 1.29 is 19.0 Å². The predicted molar refractivity (Wildman–Crippen MR) is 146 cm³/mol. The Bertz CT molecular complexity index is 1590. The van der Waals surface area contributed by atoms with E-state index < -0.39 is 12.0 Å². The summed E-state index contributed by atoms with van der Waals surface area (Å²) in [7, 11) is 1.55. The third-order valence-electron chi connectivity index (χ3n) is 5.57. The van der Waals surface area contributed by atoms with E-state index in [4.69, 9.17) is 20.6 Å². The molecule has 1 aliphatic heterocycles. The molecule has 37 heavy (non-hydrogen) atoms. The summed E-state index contributed by atoms with van der Waals surface area (Å²) in [4.78, 5) is 32.2. The Morgan fingerprint density at radius 1 is 1.27 bits per heavy atom. The molecule has 0 amide bonds. The SMILES string of the molecule is C#CCOc1ccc(/C=c2\sc3n(c2=O)[C@@H](c2cc(Br)ccc2OC)C(C(=O)OC(C)C)=C(C)N=3)cc1. The van der Waals surface area contributed by atoms with Gasteiger partial charge in [0.05, 0.1) is 29.0 Å². The van der Waals surface area contributed by atoms with Crippen molar-refractivity contribution in [1.82, 2.24) is 4.57 Å². The number of carbonyl (C=O) groups is 1. The summed E-state index contributed by atoms with van der Waals surface area (Å²) in [5, 5.41) is 0. The van der Waals surface area contributed by atoms with E-state index in [-0.39, 0.29) is 18.3 Å². The molecule has 0 saturated carbocycles. The molecule has 3 aromatic rings. The van der Waals surface area contributed by atoms with Gasteiger partial charge in [0.2, 0.25) is 0 Å². The quantitative estimate of drug-likeness (QED) is 0.312. The number of thiazole rings is 1. The van der Waals surface area contributed by atoms with Crippen molar-refractivity contribution in [2.75, 3.05) is 13.7 Å². The van der Waals surface area contributed by atoms with Crippen LogP contribution in [0.25, 0.3) is 6.08 Å². The van der Waals surface area contributed by atoms with Gasteiger partial charge in [-0.3, -0.25) is 9.36 Å². The molecule has 0 spiro atoms. The van der Waals surface area contributed by atoms with Crippen molar-refractivity contribution in [2.24, 2.45) is 4.99 Å². The van der Waals surface area contributed by atoms with Gasteiger partial charge in [-0.15, -0.1) is 6.42 Å². The minimum absolute atomic E-state index is 0.179. The molecule has 4 rings (SSSR count). The van der Waals surface area contributed by atoms with Gasteiger partial charge in [0, 0.05) is 10.0 Å². The van der Waals surface area contributed by atoms with Crippen LogP contribution in [0.3, 0.4) is 0 Å². The zero-order valence-electron chi connectivity index (χ0n) is 20.8. The molecule has 0 bridgehead atoms. The summed E-state index contributed by atoms with van der Waals surface area (Å²) < 4.78 is 19.4. The largest absolute Gasteiger partial charge is 0.496 e. The first-order valence-electron chi connectivity index (χ1n) is 11.5. The van der Waals surface area contributed by atoms with Crippen molar-refractivity contribution in [3.05, 3.63) is 89.0 Å². The summed E-state index contributed by atoms with van der Waals surface area (Å²) in [5.74, 6) is 3.08. The highest BCUT2D eigenvalue weighted by atomic mass is 79.9. The van der Waals surface area contributed by atoms with E-state index in [1.807, 2.05) is 24.3 Å². The van der Waals surface area contributed by atoms with Crippen molar-refractivity contribution in [3.63, 3.8) is 0 Å². The minimum Gasteiger partial charge on any atom is -0.496 e. The second-order valence-electron chi connectivity index (χ2n) is 8.48. The van der Waals surface area contributed by atoms with Crippen LogP contribution in [0.15, 0.2) is 68.0 Å². The maximum Gasteiger partial charge on any atom is 0.338 e. The monoisotopic (exact) mass is 580 g/mol. The highest BCUT2D eigenvalue weighted by molar-refractivity contribution is 9.10. The smallest absolute Gasteiger partial charge is 0.338 e. The van der Waals surface area contributed by atoms with Crippen molar-refractivity contribution >= 4 is 39.3 Å². The number of ether oxygens (including phenoxy) is 3. The highest BCUT2D eigenvalue weighted by Crippen LogP contribution is 2.37. The topological polar surface area (TPSA) is 79.1 Å². The molecule has 0 unspecified atom stereocenters. The number of allylic oxidation sites excluding steroid dienone is 1. The molecular formula is C28H25BrN2O5S. The fourth-order valence-electron chi connectivity index (χ4n) is 4.01. The first kappa shape index (κ1) is 26.5. The molecular weight excluding hydrogens is 556 g/mol. The normalized spacial score (nSPS) is 15.2. The lowest BCUT2D eigenvalue weighted by molar-refractivity contribution is -0.143. The Hall–Kier alpha value is -3.61. The number of carbonyl (C=O) groups excluding carboxylic acids is 1. The van der Waals surface area contributed by atoms with Gasteiger partial charge < -0.3 is 14.2 Å². The van der Waals surface area contributed by atoms with E-state index in [1.54, 1.807) is 52.2 Å². The van der Waals surface area contributed by atoms with Crippen LogP contribution in [0.1, 0.15) is 37.9 Å². The fraction of sp³-hybridized carbons (Fsp3) is 0.250. The number of esters is 1. The molecule has 190 valence electrons. The molecule has 0 N–H and O–H groups in total. The van der Waals surface area contributed by atoms with Crippen molar-refractivity contribution in [3.8, 4) is 23.8 Å². The van der Waals surface area contributed by atoms with Gasteiger partial charge in [0.25, 0.3) is 5.56 Å². The lowest BCUT2D eigenvalue weighted by Gasteiger charge is -2.26. The van der Waals surface area contributed by atoms with Crippen LogP contribution >= 0.6 is 27.3 Å². The van der Waals surface area contributed by atoms with E-state index in [0.717, 1.165) is 10.0 Å². The number of hydrogen-bond acceptors (Lipinski definition) is 7. The molecule has 0 aliphatic carbocycles. The lowest BCUT2D eigenvalue weighted by atomic mass is 9.95. The summed E-state index contributed by atoms with van der Waals surface area (Å²) in [6.07, 6.45) is 6.69. The first-order chi connectivity index (χ1) is 17.7. The lowest BCUT2D eigenvalue weighted by Crippen LogP contribution is -2.40. The number of hydrogen-bond donors (Lipinski definition) is 0. The Balaban J connectivity index is 1.91. The third-order valence-corrected chi connectivity index (χ3v) is 7.05. The molecule has 1 aromatic heterocycles. The van der Waals surface area contributed by atoms with Crippen LogP contribution in [-0.2, 0) is 9.53 Å². The van der Waals surface area contributed by atoms with E-state index >= 15 is 0 Å². The van der Waals surface area contributed by atoms with Crippen molar-refractivity contribution in [1.29, 1.82) is 0 Å². The summed E-state index contributed by atoms with van der Waals surface area (Å²) in [6, 6.07) is 12.0. The van der Waals surface area contributed by atoms with Gasteiger partial charge in [-0.25, -0.2) is 9.79 Å². The highest BCUT2D eigenvalue weighted by Gasteiger charge is 2.35. The van der Waals surface area contributed by atoms with E-state index in [1.165, 1.54) is 15.9 Å². The van der Waals surface area contributed by atoms with Crippen LogP contribution in [0.4, 0.5) is 0 Å². The van der Waals surface area contributed by atoms with Crippen LogP contribution in [0.2, 0.25) is 0 Å². The Morgan fingerprint density at radius 2 is 2.00 bits per heavy atom. The zero-order chi connectivity index (χ0) is 26.7. The molecule has 1 atom stereocenters. The van der Waals surface area contributed by atoms with Gasteiger partial charge in [0.1, 0.15) is 24.1 Å². The van der Waals surface area contributed by atoms with E-state index in [0.29, 0.717) is 37.7 Å². The average Bonchev–Trinajstić information content (AvgIpc) is 3.16. The number of nitrogens with zero attached hydrogens (tertiary/aromatic N) is 2. The predicted octanol–water partition coefficient (Wildman–Crippen LogP) is 3.97. The number of aromatic nitrogens is 1. The Labute approximate surface area is 226 Å². The summed E-state index contributed by atoms with van der Waals surface area (Å²) in [5.41, 5.74) is 1.96. The molecule has 1 aliphatic rings. The number of rotatable bonds is 7. The Morgan fingerprint density at radius 3 is 2.65 bits per heavy atom. The number of halogens is 1. The maximum absolute atomic E-state index is 13.8. The number of benzene rings is 2. The standard InChI is InChI=1S/C28H25BrN2O5S/c1-6-13-35-20-10-7-18(8-11-20)14-23-26(32)31-25(21-15-19(29)9-12-22(21)34-5)24(27(33)36-16(2)3)17(4)30-28(31)37-23/h1,7-12,14-16,25H,13H2,2-5H3/b23-14-/t25-/m0/s1. The average molecular weight is 581 g/mol. The third kappa shape index (κ3) is 5.55. The molecule has 0 fully saturated rings. The Kier molecular flexibility index (Phi) is 8.00. The van der Waals surface area contributed by atoms with Crippen LogP contribution in [0.5, 0.6) is 11.5 Å². The van der Waals surface area contributed by atoms with E-state index in [9.17, 15) is 9.59 Å². The fourth-order valence-corrected chi connectivity index (χ4v) is 5.44. The van der Waals surface area contributed by atoms with Gasteiger partial charge in [0.15, 0.2) is 4.80 Å². The van der Waals surface area contributed by atoms with Gasteiger partial charge in [-0.2, -0.15) is 0 Å². The maximum atomic E-state index is 13.8. The molecule has 2 heterocycles. The van der Waals surface area contributed by atoms with Gasteiger partial charge in [-0.05, 0) is 62.7 Å². The van der Waals surface area contributed by atoms with Gasteiger partial charge in [-0.1, -0.05) is 45.3 Å². The summed E-state index contributed by atoms with van der Waals surface area (Å²) >= 11 is 4.76.